The molecule has 6 rings (SSSR count). The van der Waals surface area contributed by atoms with Crippen molar-refractivity contribution in [2.24, 2.45) is 0 Å². The highest BCUT2D eigenvalue weighted by Gasteiger charge is 2.52. The predicted octanol–water partition coefficient (Wildman–Crippen LogP) is 7.91. The molecule has 4 nitrogen and oxygen atoms in total. The number of ketones is 1. The van der Waals surface area contributed by atoms with Crippen LogP contribution in [0.5, 0.6) is 0 Å². The fraction of sp³-hybridized carbons (Fsp3) is 0.0500. The fourth-order valence-corrected chi connectivity index (χ4v) is 6.86. The Kier molecular flexibility index (Phi) is 13.4. The van der Waals surface area contributed by atoms with Crippen molar-refractivity contribution >= 4 is 44.6 Å². The zero-order valence-electron chi connectivity index (χ0n) is 31.1. The number of allylic oxidation sites excluding steroid dienone is 2. The molecule has 0 fully saturated rings. The van der Waals surface area contributed by atoms with Gasteiger partial charge in [-0.15, -0.1) is 21.9 Å². The van der Waals surface area contributed by atoms with Crippen molar-refractivity contribution in [1.29, 1.82) is 10.5 Å². The van der Waals surface area contributed by atoms with Crippen LogP contribution >= 0.6 is 0 Å². The number of carbonyl (C=O) groups is 1. The summed E-state index contributed by atoms with van der Waals surface area (Å²) in [7, 11) is 0. The van der Waals surface area contributed by atoms with Crippen molar-refractivity contribution in [2.45, 2.75) is 13.5 Å². The standard InChI is InChI=1S/C24BF20.C16H12N3O/c26-5-1(6(27)14(35)21(42)13(5)34)25(2-7(28)15(36)22(43)16(37)8(2)29,3-9(30)17(38)23(44)18(39)10(3)31)4-11(32)19(40)24(45)20(41)12(4)33;1-12(20)16(15(8-17)9-18)11-19-7-6-13-4-2-3-5-14(13)10-19/h;2-7,10H,11H2,1H3/q-1;+1. The van der Waals surface area contributed by atoms with E-state index in [1.165, 1.54) is 6.92 Å². The quantitative estimate of drug-likeness (QED) is 0.0311. The van der Waals surface area contributed by atoms with E-state index in [2.05, 4.69) is 0 Å². The molecule has 5 aromatic carbocycles. The lowest BCUT2D eigenvalue weighted by Crippen LogP contribution is -2.81. The summed E-state index contributed by atoms with van der Waals surface area (Å²) in [6.45, 7) is 1.59. The first-order chi connectivity index (χ1) is 30.4. The van der Waals surface area contributed by atoms with E-state index in [0.717, 1.165) is 10.8 Å². The molecule has 0 saturated heterocycles. The molecule has 0 aliphatic heterocycles. The maximum atomic E-state index is 15.4. The number of hydrogen-bond acceptors (Lipinski definition) is 3. The number of Topliss-reactive ketones (excluding diaryl/α,β-unsaturated/α-hetero) is 1. The number of pyridine rings is 1. The molecule has 0 amide bonds. The Balaban J connectivity index is 0.000000330. The van der Waals surface area contributed by atoms with Crippen molar-refractivity contribution in [1.82, 2.24) is 0 Å². The molecule has 0 radical (unpaired) electrons. The Morgan fingerprint density at radius 3 is 0.969 bits per heavy atom. The van der Waals surface area contributed by atoms with Gasteiger partial charge in [0.2, 0.25) is 0 Å². The van der Waals surface area contributed by atoms with Crippen LogP contribution in [-0.4, -0.2) is 11.9 Å². The average Bonchev–Trinajstić information content (AvgIpc) is 3.29. The minimum Gasteiger partial charge on any atom is -0.295 e. The lowest BCUT2D eigenvalue weighted by Gasteiger charge is -2.44. The molecule has 336 valence electrons. The molecule has 0 aliphatic carbocycles. The maximum absolute atomic E-state index is 15.4. The Hall–Kier alpha value is -7.44. The first kappa shape index (κ1) is 48.6. The Morgan fingerprint density at radius 2 is 0.708 bits per heavy atom. The molecular formula is C40H12BF20N3O. The van der Waals surface area contributed by atoms with Crippen LogP contribution in [0.2, 0.25) is 0 Å². The van der Waals surface area contributed by atoms with E-state index in [4.69, 9.17) is 10.5 Å². The van der Waals surface area contributed by atoms with Gasteiger partial charge in [-0.3, -0.25) is 4.79 Å². The van der Waals surface area contributed by atoms with Crippen LogP contribution in [0.3, 0.4) is 0 Å². The minimum atomic E-state index is -7.22. The summed E-state index contributed by atoms with van der Waals surface area (Å²) in [5, 5.41) is 19.9. The molecule has 25 heteroatoms. The highest BCUT2D eigenvalue weighted by atomic mass is 19.2. The van der Waals surface area contributed by atoms with Crippen molar-refractivity contribution in [3.8, 4) is 12.1 Å². The third-order valence-corrected chi connectivity index (χ3v) is 9.74. The van der Waals surface area contributed by atoms with Gasteiger partial charge < -0.3 is 0 Å². The van der Waals surface area contributed by atoms with Crippen LogP contribution < -0.4 is 26.4 Å². The summed E-state index contributed by atoms with van der Waals surface area (Å²) in [4.78, 5) is 11.6. The summed E-state index contributed by atoms with van der Waals surface area (Å²) in [6.07, 6.45) is -3.49. The minimum absolute atomic E-state index is 0.127. The van der Waals surface area contributed by atoms with Crippen molar-refractivity contribution in [3.63, 3.8) is 0 Å². The topological polar surface area (TPSA) is 68.5 Å². The summed E-state index contributed by atoms with van der Waals surface area (Å²) in [5.74, 6) is -71.7. The number of carbonyl (C=O) groups excluding carboxylic acids is 1. The Bertz CT molecular complexity index is 2750. The zero-order chi connectivity index (χ0) is 48.9. The van der Waals surface area contributed by atoms with Crippen LogP contribution in [0, 0.1) is 139 Å². The number of hydrogen-bond donors (Lipinski definition) is 0. The molecule has 1 aromatic heterocycles. The van der Waals surface area contributed by atoms with Crippen molar-refractivity contribution in [2.75, 3.05) is 0 Å². The van der Waals surface area contributed by atoms with Crippen LogP contribution in [0.15, 0.2) is 53.9 Å². The molecule has 0 bridgehead atoms. The number of benzene rings is 5. The normalized spacial score (nSPS) is 11.2. The third kappa shape index (κ3) is 7.63. The SMILES string of the molecule is CC(=O)C(C[n+]1ccc2ccccc2c1)=C(C#N)C#N.Fc1c(F)c(F)c([B-](c2c(F)c(F)c(F)c(F)c2F)(c2c(F)c(F)c(F)c(F)c2F)c2c(F)c(F)c(F)c(F)c2F)c(F)c1F. The Morgan fingerprint density at radius 1 is 0.446 bits per heavy atom. The molecule has 65 heavy (non-hydrogen) atoms. The van der Waals surface area contributed by atoms with Crippen LogP contribution in [-0.2, 0) is 11.3 Å². The van der Waals surface area contributed by atoms with Crippen molar-refractivity contribution in [3.05, 3.63) is 170 Å². The van der Waals surface area contributed by atoms with E-state index in [0.29, 0.717) is 0 Å². The Labute approximate surface area is 348 Å². The number of aromatic nitrogens is 1. The van der Waals surface area contributed by atoms with Gasteiger partial charge in [0.25, 0.3) is 0 Å². The summed E-state index contributed by atoms with van der Waals surface area (Å²) < 4.78 is 296. The second kappa shape index (κ2) is 18.0. The average molecular weight is 941 g/mol. The first-order valence-corrected chi connectivity index (χ1v) is 17.0. The van der Waals surface area contributed by atoms with Crippen molar-refractivity contribution < 1.29 is 97.2 Å². The summed E-state index contributed by atoms with van der Waals surface area (Å²) in [5.41, 5.74) is -14.2. The molecule has 6 aromatic rings. The maximum Gasteiger partial charge on any atom is 0.200 e. The summed E-state index contributed by atoms with van der Waals surface area (Å²) in [6, 6.07) is 13.3. The van der Waals surface area contributed by atoms with E-state index in [1.54, 1.807) is 16.7 Å². The van der Waals surface area contributed by atoms with Gasteiger partial charge in [0.1, 0.15) is 70.4 Å². The molecule has 0 aliphatic rings. The smallest absolute Gasteiger partial charge is 0.200 e. The highest BCUT2D eigenvalue weighted by molar-refractivity contribution is 7.20. The van der Waals surface area contributed by atoms with Gasteiger partial charge in [-0.2, -0.15) is 15.1 Å². The van der Waals surface area contributed by atoms with E-state index in [1.807, 2.05) is 42.7 Å². The van der Waals surface area contributed by atoms with Crippen LogP contribution in [0.4, 0.5) is 87.8 Å². The van der Waals surface area contributed by atoms with Crippen LogP contribution in [0.1, 0.15) is 6.92 Å². The monoisotopic (exact) mass is 941 g/mol. The second-order valence-corrected chi connectivity index (χ2v) is 13.2. The van der Waals surface area contributed by atoms with E-state index in [-0.39, 0.29) is 23.5 Å². The van der Waals surface area contributed by atoms with Gasteiger partial charge in [-0.05, 0) is 18.4 Å². The molecule has 0 atom stereocenters. The molecule has 0 unspecified atom stereocenters. The van der Waals surface area contributed by atoms with Gasteiger partial charge in [0, 0.05) is 11.5 Å². The van der Waals surface area contributed by atoms with Gasteiger partial charge in [0.15, 0.2) is 94.5 Å². The predicted molar refractivity (Wildman–Crippen MR) is 182 cm³/mol. The van der Waals surface area contributed by atoms with E-state index in [9.17, 15) is 57.5 Å². The third-order valence-electron chi connectivity index (χ3n) is 9.74. The lowest BCUT2D eigenvalue weighted by molar-refractivity contribution is -0.687. The fourth-order valence-electron chi connectivity index (χ4n) is 6.86. The number of halogens is 20. The molecular weight excluding hydrogens is 929 g/mol. The summed E-state index contributed by atoms with van der Waals surface area (Å²) >= 11 is 0. The highest BCUT2D eigenvalue weighted by Crippen LogP contribution is 2.31. The molecule has 0 saturated carbocycles. The van der Waals surface area contributed by atoms with Crippen LogP contribution in [0.25, 0.3) is 10.8 Å². The van der Waals surface area contributed by atoms with Gasteiger partial charge in [-0.25, -0.2) is 87.8 Å². The number of nitrogens with zero attached hydrogens (tertiary/aromatic N) is 3. The molecule has 1 heterocycles. The number of rotatable bonds is 7. The second-order valence-electron chi connectivity index (χ2n) is 13.2. The lowest BCUT2D eigenvalue weighted by atomic mass is 9.12. The van der Waals surface area contributed by atoms with Gasteiger partial charge in [0.05, 0.1) is 5.57 Å². The van der Waals surface area contributed by atoms with E-state index < -0.39 is 144 Å². The number of fused-ring (bicyclic) bond motifs is 1. The van der Waals surface area contributed by atoms with Gasteiger partial charge >= 0.3 is 0 Å². The van der Waals surface area contributed by atoms with Gasteiger partial charge in [-0.1, -0.05) is 18.2 Å². The number of nitriles is 2. The largest absolute Gasteiger partial charge is 0.295 e. The first-order valence-electron chi connectivity index (χ1n) is 17.0. The zero-order valence-corrected chi connectivity index (χ0v) is 31.1. The molecule has 0 N–H and O–H groups in total. The molecule has 0 spiro atoms. The van der Waals surface area contributed by atoms with E-state index >= 15 is 35.1 Å².